The van der Waals surface area contributed by atoms with Gasteiger partial charge in [0.1, 0.15) is 5.58 Å². The van der Waals surface area contributed by atoms with Crippen LogP contribution in [0.3, 0.4) is 0 Å². The van der Waals surface area contributed by atoms with Crippen LogP contribution in [0.4, 0.5) is 0 Å². The quantitative estimate of drug-likeness (QED) is 0.759. The predicted octanol–water partition coefficient (Wildman–Crippen LogP) is 3.39. The second-order valence-electron chi connectivity index (χ2n) is 7.88. The fourth-order valence-electron chi connectivity index (χ4n) is 4.49. The number of nitrogens with one attached hydrogen (secondary N) is 1. The van der Waals surface area contributed by atoms with E-state index >= 15 is 0 Å². The molecule has 6 heteroatoms. The lowest BCUT2D eigenvalue weighted by Crippen LogP contribution is -2.39. The number of aryl methyl sites for hydroxylation is 2. The van der Waals surface area contributed by atoms with Gasteiger partial charge in [-0.3, -0.25) is 9.59 Å². The summed E-state index contributed by atoms with van der Waals surface area (Å²) in [6.07, 6.45) is 6.39. The Labute approximate surface area is 162 Å². The van der Waals surface area contributed by atoms with Gasteiger partial charge in [0, 0.05) is 17.5 Å². The van der Waals surface area contributed by atoms with Gasteiger partial charge in [0.05, 0.1) is 11.7 Å². The Bertz CT molecular complexity index is 1060. The molecule has 0 unspecified atom stereocenters. The second-order valence-corrected chi connectivity index (χ2v) is 7.88. The maximum absolute atomic E-state index is 12.5. The van der Waals surface area contributed by atoms with Crippen molar-refractivity contribution in [3.63, 3.8) is 0 Å². The Morgan fingerprint density at radius 2 is 1.93 bits per heavy atom. The third kappa shape index (κ3) is 3.13. The molecule has 1 saturated carbocycles. The van der Waals surface area contributed by atoms with Crippen molar-refractivity contribution < 1.29 is 9.21 Å². The monoisotopic (exact) mass is 377 g/mol. The summed E-state index contributed by atoms with van der Waals surface area (Å²) in [7, 11) is 0. The summed E-state index contributed by atoms with van der Waals surface area (Å²) in [6.45, 7) is 0. The molecule has 144 valence electrons. The zero-order chi connectivity index (χ0) is 19.1. The summed E-state index contributed by atoms with van der Waals surface area (Å²) in [6, 6.07) is 11.4. The van der Waals surface area contributed by atoms with Gasteiger partial charge in [0.15, 0.2) is 5.76 Å². The highest BCUT2D eigenvalue weighted by Gasteiger charge is 2.27. The number of benzene rings is 1. The van der Waals surface area contributed by atoms with E-state index < -0.39 is 0 Å². The van der Waals surface area contributed by atoms with Crippen LogP contribution in [-0.2, 0) is 12.8 Å². The molecular weight excluding hydrogens is 354 g/mol. The molecule has 2 aliphatic carbocycles. The molecule has 0 spiro atoms. The van der Waals surface area contributed by atoms with Crippen LogP contribution in [0, 0.1) is 0 Å². The maximum Gasteiger partial charge on any atom is 0.287 e. The highest BCUT2D eigenvalue weighted by Crippen LogP contribution is 2.28. The molecular formula is C22H23N3O3. The highest BCUT2D eigenvalue weighted by molar-refractivity contribution is 5.96. The molecule has 28 heavy (non-hydrogen) atoms. The number of nitrogens with zero attached hydrogens (tertiary/aromatic N) is 2. The summed E-state index contributed by atoms with van der Waals surface area (Å²) < 4.78 is 7.33. The summed E-state index contributed by atoms with van der Waals surface area (Å²) in [5, 5.41) is 8.65. The van der Waals surface area contributed by atoms with Crippen LogP contribution >= 0.6 is 0 Å². The van der Waals surface area contributed by atoms with Gasteiger partial charge in [-0.05, 0) is 62.6 Å². The zero-order valence-electron chi connectivity index (χ0n) is 15.7. The fraction of sp³-hybridized carbons (Fsp3) is 0.409. The van der Waals surface area contributed by atoms with Gasteiger partial charge in [-0.1, -0.05) is 18.2 Å². The number of hydrogen-bond donors (Lipinski definition) is 1. The Kier molecular flexibility index (Phi) is 4.26. The van der Waals surface area contributed by atoms with E-state index in [4.69, 9.17) is 4.42 Å². The molecule has 1 fully saturated rings. The number of carbonyl (C=O) groups is 1. The van der Waals surface area contributed by atoms with Crippen LogP contribution < -0.4 is 10.9 Å². The summed E-state index contributed by atoms with van der Waals surface area (Å²) in [4.78, 5) is 25.0. The Morgan fingerprint density at radius 1 is 1.11 bits per heavy atom. The number of para-hydroxylation sites is 1. The lowest BCUT2D eigenvalue weighted by Gasteiger charge is -2.29. The molecule has 0 radical (unpaired) electrons. The SMILES string of the molecule is O=C(NC1CCC(n2nc3c(cc2=O)CCC3)CC1)c1cc2ccccc2o1. The Hall–Kier alpha value is -2.89. The van der Waals surface area contributed by atoms with Crippen molar-refractivity contribution >= 4 is 16.9 Å². The average Bonchev–Trinajstić information content (AvgIpc) is 3.34. The van der Waals surface area contributed by atoms with Gasteiger partial charge in [-0.2, -0.15) is 5.10 Å². The maximum atomic E-state index is 12.5. The third-order valence-electron chi connectivity index (χ3n) is 6.01. The van der Waals surface area contributed by atoms with Crippen molar-refractivity contribution in [3.8, 4) is 0 Å². The van der Waals surface area contributed by atoms with Crippen molar-refractivity contribution in [2.75, 3.05) is 0 Å². The summed E-state index contributed by atoms with van der Waals surface area (Å²) in [5.41, 5.74) is 2.93. The Balaban J connectivity index is 1.24. The molecule has 1 amide bonds. The van der Waals surface area contributed by atoms with Crippen molar-refractivity contribution in [2.24, 2.45) is 0 Å². The molecule has 0 saturated heterocycles. The van der Waals surface area contributed by atoms with E-state index in [1.165, 1.54) is 0 Å². The van der Waals surface area contributed by atoms with Gasteiger partial charge < -0.3 is 9.73 Å². The van der Waals surface area contributed by atoms with Gasteiger partial charge in [-0.15, -0.1) is 0 Å². The van der Waals surface area contributed by atoms with E-state index in [2.05, 4.69) is 10.4 Å². The number of furan rings is 1. The fourth-order valence-corrected chi connectivity index (χ4v) is 4.49. The number of carbonyl (C=O) groups excluding carboxylic acids is 1. The molecule has 3 aromatic rings. The van der Waals surface area contributed by atoms with E-state index in [0.717, 1.165) is 67.2 Å². The van der Waals surface area contributed by atoms with Crippen LogP contribution in [0.5, 0.6) is 0 Å². The molecule has 0 bridgehead atoms. The lowest BCUT2D eigenvalue weighted by molar-refractivity contribution is 0.0895. The van der Waals surface area contributed by atoms with E-state index in [9.17, 15) is 9.59 Å². The average molecular weight is 377 g/mol. The first-order chi connectivity index (χ1) is 13.7. The predicted molar refractivity (Wildman–Crippen MR) is 105 cm³/mol. The third-order valence-corrected chi connectivity index (χ3v) is 6.01. The normalized spacial score (nSPS) is 21.6. The van der Waals surface area contributed by atoms with Crippen LogP contribution in [0.2, 0.25) is 0 Å². The summed E-state index contributed by atoms with van der Waals surface area (Å²) in [5.74, 6) is 0.173. The summed E-state index contributed by atoms with van der Waals surface area (Å²) >= 11 is 0. The molecule has 2 aliphatic rings. The topological polar surface area (TPSA) is 77.1 Å². The lowest BCUT2D eigenvalue weighted by atomic mass is 9.91. The smallest absolute Gasteiger partial charge is 0.287 e. The minimum absolute atomic E-state index is 0.00964. The number of amides is 1. The first kappa shape index (κ1) is 17.2. The van der Waals surface area contributed by atoms with Crippen LogP contribution in [0.15, 0.2) is 45.6 Å². The van der Waals surface area contributed by atoms with Crippen LogP contribution in [0.25, 0.3) is 11.0 Å². The van der Waals surface area contributed by atoms with E-state index in [1.807, 2.05) is 24.3 Å². The van der Waals surface area contributed by atoms with Crippen molar-refractivity contribution in [1.82, 2.24) is 15.1 Å². The number of hydrogen-bond acceptors (Lipinski definition) is 4. The van der Waals surface area contributed by atoms with Gasteiger partial charge in [0.25, 0.3) is 11.5 Å². The van der Waals surface area contributed by atoms with E-state index in [1.54, 1.807) is 16.8 Å². The number of aromatic nitrogens is 2. The Morgan fingerprint density at radius 3 is 2.75 bits per heavy atom. The largest absolute Gasteiger partial charge is 0.451 e. The molecule has 6 nitrogen and oxygen atoms in total. The molecule has 5 rings (SSSR count). The van der Waals surface area contributed by atoms with Crippen molar-refractivity contribution in [2.45, 2.75) is 57.0 Å². The minimum Gasteiger partial charge on any atom is -0.451 e. The molecule has 1 N–H and O–H groups in total. The van der Waals surface area contributed by atoms with Crippen LogP contribution in [0.1, 0.15) is 60.0 Å². The molecule has 0 atom stereocenters. The molecule has 1 aromatic carbocycles. The zero-order valence-corrected chi connectivity index (χ0v) is 15.7. The minimum atomic E-state index is -0.174. The number of fused-ring (bicyclic) bond motifs is 2. The molecule has 2 aromatic heterocycles. The van der Waals surface area contributed by atoms with Gasteiger partial charge in [0.2, 0.25) is 0 Å². The van der Waals surface area contributed by atoms with E-state index in [0.29, 0.717) is 5.76 Å². The molecule has 2 heterocycles. The standard InChI is InChI=1S/C22H23N3O3/c26-21-13-14-5-3-6-18(14)24-25(21)17-10-8-16(9-11-17)23-22(27)20-12-15-4-1-2-7-19(15)28-20/h1-2,4,7,12-13,16-17H,3,5-6,8-11H2,(H,23,27). The first-order valence-electron chi connectivity index (χ1n) is 10.1. The van der Waals surface area contributed by atoms with Crippen LogP contribution in [-0.4, -0.2) is 21.7 Å². The first-order valence-corrected chi connectivity index (χ1v) is 10.1. The van der Waals surface area contributed by atoms with Gasteiger partial charge in [-0.25, -0.2) is 4.68 Å². The second kappa shape index (κ2) is 6.93. The molecule has 0 aliphatic heterocycles. The van der Waals surface area contributed by atoms with Crippen molar-refractivity contribution in [3.05, 3.63) is 63.8 Å². The highest BCUT2D eigenvalue weighted by atomic mass is 16.3. The van der Waals surface area contributed by atoms with Crippen molar-refractivity contribution in [1.29, 1.82) is 0 Å². The van der Waals surface area contributed by atoms with E-state index in [-0.39, 0.29) is 23.6 Å². The number of rotatable bonds is 3. The van der Waals surface area contributed by atoms with Gasteiger partial charge >= 0.3 is 0 Å².